The highest BCUT2D eigenvalue weighted by atomic mass is 32.1. The van der Waals surface area contributed by atoms with Crippen LogP contribution in [0.5, 0.6) is 0 Å². The van der Waals surface area contributed by atoms with Gasteiger partial charge in [-0.3, -0.25) is 0 Å². The molecule has 6 heteroatoms. The van der Waals surface area contributed by atoms with E-state index in [1.165, 1.54) is 19.5 Å². The third-order valence-corrected chi connectivity index (χ3v) is 9.26. The first kappa shape index (κ1) is 23.1. The zero-order valence-corrected chi connectivity index (χ0v) is 22.8. The van der Waals surface area contributed by atoms with E-state index in [0.29, 0.717) is 17.5 Å². The Morgan fingerprint density at radius 2 is 1.02 bits per heavy atom. The number of aromatic nitrogens is 4. The Balaban J connectivity index is 1.37. The summed E-state index contributed by atoms with van der Waals surface area (Å²) in [5.41, 5.74) is 5.12. The highest BCUT2D eigenvalue weighted by Crippen LogP contribution is 2.44. The Kier molecular flexibility index (Phi) is 5.47. The molecule has 0 aliphatic carbocycles. The van der Waals surface area contributed by atoms with Crippen molar-refractivity contribution in [2.24, 2.45) is 0 Å². The van der Waals surface area contributed by atoms with Crippen molar-refractivity contribution in [1.82, 2.24) is 19.9 Å². The van der Waals surface area contributed by atoms with Gasteiger partial charge in [-0.1, -0.05) is 103 Å². The smallest absolute Gasteiger partial charge is 0.164 e. The fraction of sp³-hybridized carbons (Fsp3) is 0. The second kappa shape index (κ2) is 9.45. The number of hydrogen-bond donors (Lipinski definition) is 0. The number of fused-ring (bicyclic) bond motifs is 4. The van der Waals surface area contributed by atoms with Gasteiger partial charge in [-0.05, 0) is 18.2 Å². The van der Waals surface area contributed by atoms with Gasteiger partial charge in [0.1, 0.15) is 5.01 Å². The number of rotatable bonds is 4. The van der Waals surface area contributed by atoms with E-state index < -0.39 is 0 Å². The molecule has 0 unspecified atom stereocenters. The predicted molar refractivity (Wildman–Crippen MR) is 168 cm³/mol. The maximum absolute atomic E-state index is 5.02. The van der Waals surface area contributed by atoms with E-state index in [0.717, 1.165) is 38.2 Å². The summed E-state index contributed by atoms with van der Waals surface area (Å²) < 4.78 is 3.62. The molecule has 8 aromatic rings. The van der Waals surface area contributed by atoms with E-state index in [-0.39, 0.29) is 0 Å². The zero-order chi connectivity index (χ0) is 26.5. The van der Waals surface area contributed by atoms with E-state index in [1.807, 2.05) is 66.7 Å². The van der Waals surface area contributed by atoms with Gasteiger partial charge in [-0.25, -0.2) is 19.9 Å². The molecule has 0 bridgehead atoms. The normalized spacial score (nSPS) is 11.5. The molecule has 4 nitrogen and oxygen atoms in total. The lowest BCUT2D eigenvalue weighted by Crippen LogP contribution is -2.00. The monoisotopic (exact) mass is 548 g/mol. The Morgan fingerprint density at radius 3 is 1.75 bits per heavy atom. The number of nitrogens with zero attached hydrogens (tertiary/aromatic N) is 4. The van der Waals surface area contributed by atoms with Crippen molar-refractivity contribution in [3.8, 4) is 44.7 Å². The Bertz CT molecular complexity index is 2080. The van der Waals surface area contributed by atoms with Crippen molar-refractivity contribution < 1.29 is 0 Å². The van der Waals surface area contributed by atoms with Crippen molar-refractivity contribution in [1.29, 1.82) is 0 Å². The fourth-order valence-corrected chi connectivity index (χ4v) is 7.42. The second-order valence-corrected chi connectivity index (χ2v) is 11.6. The summed E-state index contributed by atoms with van der Waals surface area (Å²) in [5, 5.41) is 3.39. The van der Waals surface area contributed by atoms with E-state index in [4.69, 9.17) is 19.9 Å². The first-order valence-electron chi connectivity index (χ1n) is 13.0. The van der Waals surface area contributed by atoms with Crippen LogP contribution in [0.25, 0.3) is 75.1 Å². The lowest BCUT2D eigenvalue weighted by molar-refractivity contribution is 1.08. The zero-order valence-electron chi connectivity index (χ0n) is 21.2. The van der Waals surface area contributed by atoms with Crippen LogP contribution in [-0.2, 0) is 0 Å². The summed E-state index contributed by atoms with van der Waals surface area (Å²) in [7, 11) is 0. The molecule has 0 saturated carbocycles. The minimum absolute atomic E-state index is 0.663. The highest BCUT2D eigenvalue weighted by Gasteiger charge is 2.19. The van der Waals surface area contributed by atoms with Crippen LogP contribution in [-0.4, -0.2) is 19.9 Å². The molecule has 8 rings (SSSR count). The van der Waals surface area contributed by atoms with Crippen LogP contribution in [0.3, 0.4) is 0 Å². The molecular weight excluding hydrogens is 529 g/mol. The summed E-state index contributed by atoms with van der Waals surface area (Å²) in [4.78, 5) is 19.9. The number of thiophene rings is 1. The molecule has 0 aliphatic heterocycles. The maximum atomic E-state index is 5.02. The summed E-state index contributed by atoms with van der Waals surface area (Å²) >= 11 is 3.54. The van der Waals surface area contributed by atoms with Crippen LogP contribution in [0.1, 0.15) is 0 Å². The Hall–Kier alpha value is -4.78. The SMILES string of the molecule is c1ccc(-c2nc(-c3ccccc3)nc(-c3cccc4sc5c(-c6nc7ccccc7s6)cccc5c34)n2)cc1. The molecule has 188 valence electrons. The van der Waals surface area contributed by atoms with Crippen molar-refractivity contribution in [3.05, 3.63) is 121 Å². The van der Waals surface area contributed by atoms with E-state index in [9.17, 15) is 0 Å². The lowest BCUT2D eigenvalue weighted by atomic mass is 10.0. The molecule has 5 aromatic carbocycles. The highest BCUT2D eigenvalue weighted by molar-refractivity contribution is 7.27. The molecule has 0 aliphatic rings. The van der Waals surface area contributed by atoms with Gasteiger partial charge in [-0.2, -0.15) is 0 Å². The van der Waals surface area contributed by atoms with Crippen molar-refractivity contribution in [2.75, 3.05) is 0 Å². The molecule has 0 spiro atoms. The molecule has 3 heterocycles. The molecule has 0 saturated heterocycles. The van der Waals surface area contributed by atoms with Gasteiger partial charge < -0.3 is 0 Å². The number of hydrogen-bond acceptors (Lipinski definition) is 6. The average molecular weight is 549 g/mol. The van der Waals surface area contributed by atoms with Crippen LogP contribution in [0.4, 0.5) is 0 Å². The summed E-state index contributed by atoms with van der Waals surface area (Å²) in [6.45, 7) is 0. The third-order valence-electron chi connectivity index (χ3n) is 6.99. The molecular formula is C34H20N4S2. The topological polar surface area (TPSA) is 51.6 Å². The van der Waals surface area contributed by atoms with Crippen molar-refractivity contribution >= 4 is 53.1 Å². The molecule has 0 N–H and O–H groups in total. The van der Waals surface area contributed by atoms with Gasteiger partial charge in [0.05, 0.1) is 10.2 Å². The number of benzene rings is 5. The van der Waals surface area contributed by atoms with Crippen LogP contribution in [0.15, 0.2) is 121 Å². The minimum atomic E-state index is 0.663. The van der Waals surface area contributed by atoms with E-state index >= 15 is 0 Å². The predicted octanol–water partition coefficient (Wildman–Crippen LogP) is 9.52. The minimum Gasteiger partial charge on any atom is -0.236 e. The summed E-state index contributed by atoms with van der Waals surface area (Å²) in [6, 6.07) is 41.5. The average Bonchev–Trinajstić information content (AvgIpc) is 3.63. The number of para-hydroxylation sites is 1. The van der Waals surface area contributed by atoms with Gasteiger partial charge in [0.25, 0.3) is 0 Å². The quantitative estimate of drug-likeness (QED) is 0.220. The third kappa shape index (κ3) is 3.88. The first-order chi connectivity index (χ1) is 19.8. The summed E-state index contributed by atoms with van der Waals surface area (Å²) in [6.07, 6.45) is 0. The first-order valence-corrected chi connectivity index (χ1v) is 14.6. The molecule has 40 heavy (non-hydrogen) atoms. The molecule has 0 amide bonds. The summed E-state index contributed by atoms with van der Waals surface area (Å²) in [5.74, 6) is 2.00. The van der Waals surface area contributed by atoms with Gasteiger partial charge in [0.15, 0.2) is 17.5 Å². The van der Waals surface area contributed by atoms with Gasteiger partial charge in [0.2, 0.25) is 0 Å². The standard InChI is InChI=1S/C34H20N4S2/c1-3-11-21(12-4-1)31-36-32(22-13-5-2-6-14-22)38-33(37-31)24-16-10-20-28-29(24)23-15-9-17-25(30(23)39-28)34-35-26-18-7-8-19-27(26)40-34/h1-20H. The van der Waals surface area contributed by atoms with Crippen LogP contribution in [0.2, 0.25) is 0 Å². The Labute approximate surface area is 238 Å². The second-order valence-electron chi connectivity index (χ2n) is 9.49. The van der Waals surface area contributed by atoms with Crippen LogP contribution in [0, 0.1) is 0 Å². The largest absolute Gasteiger partial charge is 0.236 e. The van der Waals surface area contributed by atoms with E-state index in [1.54, 1.807) is 22.7 Å². The van der Waals surface area contributed by atoms with Crippen molar-refractivity contribution in [2.45, 2.75) is 0 Å². The van der Waals surface area contributed by atoms with Crippen LogP contribution < -0.4 is 0 Å². The van der Waals surface area contributed by atoms with E-state index in [2.05, 4.69) is 54.6 Å². The molecule has 3 aromatic heterocycles. The molecule has 0 atom stereocenters. The Morgan fingerprint density at radius 1 is 0.425 bits per heavy atom. The molecule has 0 radical (unpaired) electrons. The van der Waals surface area contributed by atoms with Gasteiger partial charge in [-0.15, -0.1) is 22.7 Å². The van der Waals surface area contributed by atoms with Crippen molar-refractivity contribution in [3.63, 3.8) is 0 Å². The molecule has 0 fully saturated rings. The van der Waals surface area contributed by atoms with Gasteiger partial charge >= 0.3 is 0 Å². The van der Waals surface area contributed by atoms with Crippen LogP contribution >= 0.6 is 22.7 Å². The van der Waals surface area contributed by atoms with Gasteiger partial charge in [0, 0.05) is 42.4 Å². The maximum Gasteiger partial charge on any atom is 0.164 e. The number of thiazole rings is 1. The lowest BCUT2D eigenvalue weighted by Gasteiger charge is -2.09. The fourth-order valence-electron chi connectivity index (χ4n) is 5.12.